The van der Waals surface area contributed by atoms with E-state index in [1.165, 1.54) is 0 Å². The van der Waals surface area contributed by atoms with Crippen molar-refractivity contribution in [2.45, 2.75) is 44.2 Å². The van der Waals surface area contributed by atoms with Crippen LogP contribution in [0, 0.1) is 0 Å². The number of hydrogen-bond acceptors (Lipinski definition) is 6. The first-order chi connectivity index (χ1) is 10.8. The maximum Gasteiger partial charge on any atom is 0.209 e. The molecule has 9 heteroatoms. The fourth-order valence-electron chi connectivity index (χ4n) is 3.07. The Balaban J connectivity index is 1.57. The Labute approximate surface area is 138 Å². The number of sulfone groups is 2. The minimum absolute atomic E-state index is 0.0744. The number of amides is 1. The quantitative estimate of drug-likeness (QED) is 0.420. The summed E-state index contributed by atoms with van der Waals surface area (Å²) in [6.07, 6.45) is 4.15. The average molecular weight is 367 g/mol. The summed E-state index contributed by atoms with van der Waals surface area (Å²) in [7, 11) is -5.87. The average Bonchev–Trinajstić information content (AvgIpc) is 3.00. The fourth-order valence-corrected chi connectivity index (χ4v) is 6.43. The van der Waals surface area contributed by atoms with Crippen molar-refractivity contribution in [3.8, 4) is 0 Å². The molecule has 0 aromatic carbocycles. The van der Waals surface area contributed by atoms with Gasteiger partial charge in [0.15, 0.2) is 19.7 Å². The Morgan fingerprint density at radius 3 is 2.22 bits per heavy atom. The molecular formula is C14H25NO6S2. The van der Waals surface area contributed by atoms with Gasteiger partial charge in [0.1, 0.15) is 0 Å². The SMILES string of the molecule is O=CN(CCCCCO[C@H]1CCS(=O)(=O)C1)[C@H]1CCS(=O)(=O)C1. The molecule has 0 aromatic heterocycles. The third-order valence-corrected chi connectivity index (χ3v) is 7.91. The lowest BCUT2D eigenvalue weighted by molar-refractivity contribution is -0.119. The van der Waals surface area contributed by atoms with Crippen LogP contribution in [-0.2, 0) is 29.2 Å². The van der Waals surface area contributed by atoms with Gasteiger partial charge in [0.2, 0.25) is 6.41 Å². The van der Waals surface area contributed by atoms with Crippen molar-refractivity contribution in [2.24, 2.45) is 0 Å². The number of carbonyl (C=O) groups is 1. The Morgan fingerprint density at radius 1 is 0.957 bits per heavy atom. The molecule has 1 amide bonds. The molecule has 0 unspecified atom stereocenters. The molecule has 0 saturated carbocycles. The van der Waals surface area contributed by atoms with Crippen LogP contribution in [0.5, 0.6) is 0 Å². The van der Waals surface area contributed by atoms with Gasteiger partial charge in [0.05, 0.1) is 29.1 Å². The van der Waals surface area contributed by atoms with E-state index in [0.717, 1.165) is 25.7 Å². The van der Waals surface area contributed by atoms with Gasteiger partial charge in [-0.2, -0.15) is 0 Å². The van der Waals surface area contributed by atoms with Gasteiger partial charge in [-0.15, -0.1) is 0 Å². The summed E-state index contributed by atoms with van der Waals surface area (Å²) in [5.41, 5.74) is 0. The van der Waals surface area contributed by atoms with Crippen molar-refractivity contribution >= 4 is 26.1 Å². The van der Waals surface area contributed by atoms with E-state index in [1.807, 2.05) is 0 Å². The predicted octanol–water partition coefficient (Wildman–Crippen LogP) is 0.00590. The lowest BCUT2D eigenvalue weighted by Crippen LogP contribution is -2.35. The van der Waals surface area contributed by atoms with Crippen molar-refractivity contribution in [1.82, 2.24) is 4.90 Å². The minimum Gasteiger partial charge on any atom is -0.377 e. The molecule has 2 atom stereocenters. The largest absolute Gasteiger partial charge is 0.377 e. The molecule has 2 rings (SSSR count). The van der Waals surface area contributed by atoms with E-state index in [-0.39, 0.29) is 35.2 Å². The monoisotopic (exact) mass is 367 g/mol. The van der Waals surface area contributed by atoms with Gasteiger partial charge in [-0.1, -0.05) is 0 Å². The molecule has 0 bridgehead atoms. The summed E-state index contributed by atoms with van der Waals surface area (Å²) >= 11 is 0. The molecule has 0 radical (unpaired) electrons. The second-order valence-corrected chi connectivity index (χ2v) is 10.8. The highest BCUT2D eigenvalue weighted by atomic mass is 32.2. The summed E-state index contributed by atoms with van der Waals surface area (Å²) in [5, 5.41) is 0. The van der Waals surface area contributed by atoms with Gasteiger partial charge in [0.25, 0.3) is 0 Å². The van der Waals surface area contributed by atoms with Crippen LogP contribution in [0.15, 0.2) is 0 Å². The van der Waals surface area contributed by atoms with Gasteiger partial charge in [-0.3, -0.25) is 4.79 Å². The highest BCUT2D eigenvalue weighted by molar-refractivity contribution is 7.91. The fraction of sp³-hybridized carbons (Fsp3) is 0.929. The first kappa shape index (κ1) is 18.7. The van der Waals surface area contributed by atoms with Crippen molar-refractivity contribution < 1.29 is 26.4 Å². The first-order valence-corrected chi connectivity index (χ1v) is 11.7. The van der Waals surface area contributed by atoms with E-state index in [2.05, 4.69) is 0 Å². The maximum atomic E-state index is 11.4. The molecule has 2 aliphatic heterocycles. The molecule has 23 heavy (non-hydrogen) atoms. The van der Waals surface area contributed by atoms with Crippen LogP contribution in [0.1, 0.15) is 32.1 Å². The van der Waals surface area contributed by atoms with Gasteiger partial charge in [0, 0.05) is 19.2 Å². The summed E-state index contributed by atoms with van der Waals surface area (Å²) < 4.78 is 51.0. The van der Waals surface area contributed by atoms with Gasteiger partial charge < -0.3 is 9.64 Å². The lowest BCUT2D eigenvalue weighted by atomic mass is 10.2. The molecule has 0 spiro atoms. The Hall–Kier alpha value is -0.670. The first-order valence-electron chi connectivity index (χ1n) is 8.05. The van der Waals surface area contributed by atoms with Crippen molar-refractivity contribution in [3.63, 3.8) is 0 Å². The zero-order valence-corrected chi connectivity index (χ0v) is 14.9. The Kier molecular flexibility index (Phi) is 6.44. The van der Waals surface area contributed by atoms with Gasteiger partial charge in [-0.05, 0) is 32.1 Å². The van der Waals surface area contributed by atoms with Crippen LogP contribution < -0.4 is 0 Å². The molecular weight excluding hydrogens is 342 g/mol. The molecule has 134 valence electrons. The third kappa shape index (κ3) is 6.04. The number of hydrogen-bond donors (Lipinski definition) is 0. The van der Waals surface area contributed by atoms with Gasteiger partial charge in [-0.25, -0.2) is 16.8 Å². The van der Waals surface area contributed by atoms with E-state index in [1.54, 1.807) is 4.90 Å². The Morgan fingerprint density at radius 2 is 1.65 bits per heavy atom. The third-order valence-electron chi connectivity index (χ3n) is 4.42. The summed E-state index contributed by atoms with van der Waals surface area (Å²) in [4.78, 5) is 12.7. The molecule has 0 aromatic rings. The zero-order valence-electron chi connectivity index (χ0n) is 13.2. The molecule has 2 aliphatic rings. The van der Waals surface area contributed by atoms with Crippen LogP contribution >= 0.6 is 0 Å². The van der Waals surface area contributed by atoms with Crippen molar-refractivity contribution in [1.29, 1.82) is 0 Å². The van der Waals surface area contributed by atoms with Crippen LogP contribution in [-0.4, -0.2) is 76.5 Å². The van der Waals surface area contributed by atoms with Crippen molar-refractivity contribution in [2.75, 3.05) is 36.2 Å². The summed E-state index contributed by atoms with van der Waals surface area (Å²) in [5.74, 6) is 0.587. The van der Waals surface area contributed by atoms with Crippen LogP contribution in [0.2, 0.25) is 0 Å². The molecule has 2 heterocycles. The number of nitrogens with zero attached hydrogens (tertiary/aromatic N) is 1. The number of carbonyl (C=O) groups excluding carboxylic acids is 1. The standard InChI is InChI=1S/C14H25NO6S2/c16-12-15(13-4-8-22(17,18)10-13)6-2-1-3-7-21-14-5-9-23(19,20)11-14/h12-14H,1-11H2/t13-,14-/m0/s1. The lowest BCUT2D eigenvalue weighted by Gasteiger charge is -2.23. The predicted molar refractivity (Wildman–Crippen MR) is 86.7 cm³/mol. The Bertz CT molecular complexity index is 601. The minimum atomic E-state index is -2.98. The second-order valence-electron chi connectivity index (χ2n) is 6.36. The number of unbranched alkanes of at least 4 members (excludes halogenated alkanes) is 2. The topological polar surface area (TPSA) is 97.8 Å². The summed E-state index contributed by atoms with van der Waals surface area (Å²) in [6, 6.07) is -0.183. The van der Waals surface area contributed by atoms with E-state index in [4.69, 9.17) is 4.74 Å². The normalized spacial score (nSPS) is 28.7. The van der Waals surface area contributed by atoms with E-state index < -0.39 is 19.7 Å². The highest BCUT2D eigenvalue weighted by Gasteiger charge is 2.31. The van der Waals surface area contributed by atoms with Crippen molar-refractivity contribution in [3.05, 3.63) is 0 Å². The van der Waals surface area contributed by atoms with Crippen LogP contribution in [0.25, 0.3) is 0 Å². The number of rotatable bonds is 9. The highest BCUT2D eigenvalue weighted by Crippen LogP contribution is 2.18. The molecule has 0 N–H and O–H groups in total. The van der Waals surface area contributed by atoms with E-state index in [0.29, 0.717) is 26.0 Å². The zero-order chi connectivity index (χ0) is 16.9. The van der Waals surface area contributed by atoms with Crippen LogP contribution in [0.3, 0.4) is 0 Å². The molecule has 0 aliphatic carbocycles. The maximum absolute atomic E-state index is 11.4. The number of ether oxygens (including phenoxy) is 1. The smallest absolute Gasteiger partial charge is 0.209 e. The molecule has 2 fully saturated rings. The second kappa shape index (κ2) is 7.94. The van der Waals surface area contributed by atoms with E-state index >= 15 is 0 Å². The van der Waals surface area contributed by atoms with E-state index in [9.17, 15) is 21.6 Å². The van der Waals surface area contributed by atoms with Gasteiger partial charge >= 0.3 is 0 Å². The molecule has 7 nitrogen and oxygen atoms in total. The van der Waals surface area contributed by atoms with Crippen LogP contribution in [0.4, 0.5) is 0 Å². The summed E-state index contributed by atoms with van der Waals surface area (Å²) in [6.45, 7) is 1.08. The molecule has 2 saturated heterocycles.